The Morgan fingerprint density at radius 1 is 0.900 bits per heavy atom. The average Bonchev–Trinajstić information content (AvgIpc) is 2.99. The number of hydrogen-bond donors (Lipinski definition) is 2. The van der Waals surface area contributed by atoms with E-state index in [9.17, 15) is 15.0 Å². The van der Waals surface area contributed by atoms with Crippen molar-refractivity contribution >= 4 is 22.6 Å². The Hall–Kier alpha value is -3.68. The summed E-state index contributed by atoms with van der Waals surface area (Å²) < 4.78 is 13.9. The average molecular weight is 546 g/mol. The minimum atomic E-state index is -0.395. The van der Waals surface area contributed by atoms with Crippen LogP contribution in [0.1, 0.15) is 49.9 Å². The molecule has 0 radical (unpaired) electrons. The molecule has 1 aliphatic heterocycles. The summed E-state index contributed by atoms with van der Waals surface area (Å²) in [6, 6.07) is 19.7. The number of esters is 1. The van der Waals surface area contributed by atoms with Gasteiger partial charge in [-0.3, -0.25) is 0 Å². The van der Waals surface area contributed by atoms with Gasteiger partial charge in [-0.2, -0.15) is 0 Å². The molecule has 7 heteroatoms. The Balaban J connectivity index is 2.04. The van der Waals surface area contributed by atoms with Gasteiger partial charge >= 0.3 is 5.97 Å². The maximum Gasteiger partial charge on any atom is 0.338 e. The zero-order valence-corrected chi connectivity index (χ0v) is 23.9. The minimum Gasteiger partial charge on any atom is -0.465 e. The van der Waals surface area contributed by atoms with E-state index < -0.39 is 5.97 Å². The summed E-state index contributed by atoms with van der Waals surface area (Å²) in [6.07, 6.45) is 4.16. The summed E-state index contributed by atoms with van der Waals surface area (Å²) in [5, 5.41) is 21.3. The number of benzene rings is 3. The fraction of sp³-hybridized carbons (Fsp3) is 0.394. The Morgan fingerprint density at radius 3 is 2.42 bits per heavy atom. The molecule has 0 fully saturated rings. The fourth-order valence-corrected chi connectivity index (χ4v) is 5.22. The molecule has 0 spiro atoms. The molecular formula is C33H41N2O5+. The zero-order chi connectivity index (χ0) is 28.5. The van der Waals surface area contributed by atoms with Crippen LogP contribution in [0.5, 0.6) is 0 Å². The second-order valence-electron chi connectivity index (χ2n) is 10.0. The minimum absolute atomic E-state index is 0.0657. The highest BCUT2D eigenvalue weighted by Crippen LogP contribution is 2.42. The maximum atomic E-state index is 12.8. The lowest BCUT2D eigenvalue weighted by Gasteiger charge is -2.25. The number of fused-ring (bicyclic) bond motifs is 2. The Bertz CT molecular complexity index is 1480. The van der Waals surface area contributed by atoms with Crippen LogP contribution in [-0.4, -0.2) is 62.7 Å². The molecule has 2 aromatic rings. The summed E-state index contributed by atoms with van der Waals surface area (Å²) in [7, 11) is 1.40. The number of ether oxygens (including phenoxy) is 1. The van der Waals surface area contributed by atoms with Gasteiger partial charge in [0.1, 0.15) is 24.5 Å². The number of aliphatic hydroxyl groups excluding tert-OH is 2. The molecule has 2 aromatic carbocycles. The molecule has 4 rings (SSSR count). The van der Waals surface area contributed by atoms with Crippen LogP contribution in [0.3, 0.4) is 0 Å². The standard InChI is InChI=1S/C33H41N2O5/c1-4-6-16-34(18-20-36)24-12-14-28-30(22-24)40-31-23-25(35(19-21-37)17-7-5-2)13-15-29(31)32(28)26-10-8-9-11-27(26)33(38)39-3/h8-15,22-23,36-37H,4-7,16-21H2,1-3H3/q+1. The number of carbonyl (C=O) groups excluding carboxylic acids is 1. The molecule has 212 valence electrons. The first-order valence-corrected chi connectivity index (χ1v) is 14.3. The molecule has 0 atom stereocenters. The van der Waals surface area contributed by atoms with Crippen LogP contribution in [0.15, 0.2) is 65.1 Å². The first kappa shape index (κ1) is 29.3. The Morgan fingerprint density at radius 2 is 1.70 bits per heavy atom. The molecule has 2 N–H and O–H groups in total. The van der Waals surface area contributed by atoms with Crippen LogP contribution < -0.4 is 14.8 Å². The van der Waals surface area contributed by atoms with E-state index in [0.717, 1.165) is 71.9 Å². The largest absolute Gasteiger partial charge is 0.465 e. The van der Waals surface area contributed by atoms with Crippen LogP contribution in [-0.2, 0) is 4.74 Å². The van der Waals surface area contributed by atoms with Gasteiger partial charge in [-0.05, 0) is 36.2 Å². The van der Waals surface area contributed by atoms with Crippen molar-refractivity contribution in [3.63, 3.8) is 0 Å². The lowest BCUT2D eigenvalue weighted by molar-refractivity contribution is 0.0601. The predicted molar refractivity (Wildman–Crippen MR) is 161 cm³/mol. The van der Waals surface area contributed by atoms with Gasteiger partial charge in [-0.25, -0.2) is 9.37 Å². The number of hydrogen-bond acceptors (Lipinski definition) is 6. The number of carbonyl (C=O) groups is 1. The predicted octanol–water partition coefficient (Wildman–Crippen LogP) is 5.15. The number of rotatable bonds is 13. The van der Waals surface area contributed by atoms with E-state index >= 15 is 0 Å². The Labute approximate surface area is 236 Å². The van der Waals surface area contributed by atoms with Crippen molar-refractivity contribution in [3.8, 4) is 22.5 Å². The van der Waals surface area contributed by atoms with Crippen LogP contribution >= 0.6 is 0 Å². The van der Waals surface area contributed by atoms with Crippen LogP contribution in [0.4, 0.5) is 5.69 Å². The van der Waals surface area contributed by atoms with Gasteiger partial charge in [-0.15, -0.1) is 0 Å². The molecule has 0 saturated carbocycles. The molecule has 1 aliphatic carbocycles. The van der Waals surface area contributed by atoms with E-state index in [-0.39, 0.29) is 13.2 Å². The van der Waals surface area contributed by atoms with Gasteiger partial charge in [0.25, 0.3) is 0 Å². The van der Waals surface area contributed by atoms with Gasteiger partial charge in [0.05, 0.1) is 25.3 Å². The van der Waals surface area contributed by atoms with Crippen molar-refractivity contribution in [2.45, 2.75) is 39.5 Å². The van der Waals surface area contributed by atoms with E-state index in [1.54, 1.807) is 6.07 Å². The van der Waals surface area contributed by atoms with Gasteiger partial charge in [0, 0.05) is 53.8 Å². The smallest absolute Gasteiger partial charge is 0.338 e. The maximum absolute atomic E-state index is 12.8. The van der Waals surface area contributed by atoms with Gasteiger partial charge in [-0.1, -0.05) is 44.9 Å². The van der Waals surface area contributed by atoms with Crippen LogP contribution in [0, 0.1) is 0 Å². The highest BCUT2D eigenvalue weighted by molar-refractivity contribution is 6.08. The number of aliphatic hydroxyl groups is 2. The lowest BCUT2D eigenvalue weighted by atomic mass is 9.90. The van der Waals surface area contributed by atoms with Gasteiger partial charge < -0.3 is 24.3 Å². The molecule has 0 bridgehead atoms. The third-order valence-electron chi connectivity index (χ3n) is 7.32. The summed E-state index contributed by atoms with van der Waals surface area (Å²) in [6.45, 7) is 7.19. The van der Waals surface area contributed by atoms with E-state index in [4.69, 9.17) is 9.15 Å². The first-order valence-electron chi connectivity index (χ1n) is 14.3. The summed E-state index contributed by atoms with van der Waals surface area (Å²) in [5.74, 6) is 0.298. The van der Waals surface area contributed by atoms with Crippen molar-refractivity contribution in [1.29, 1.82) is 0 Å². The first-order chi connectivity index (χ1) is 19.6. The third kappa shape index (κ3) is 6.37. The number of nitrogens with zero attached hydrogens (tertiary/aromatic N) is 2. The SMILES string of the molecule is CCCCN(CCO)c1ccc2c(-c3ccccc3C(=O)OC)c3cc/c(=[N+](\CCO)CCCC)cc-3oc2c1. The highest BCUT2D eigenvalue weighted by atomic mass is 16.5. The lowest BCUT2D eigenvalue weighted by Crippen LogP contribution is -2.33. The molecule has 0 saturated heterocycles. The quantitative estimate of drug-likeness (QED) is 0.137. The van der Waals surface area contributed by atoms with Crippen molar-refractivity contribution < 1.29 is 24.2 Å². The fourth-order valence-electron chi connectivity index (χ4n) is 5.22. The van der Waals surface area contributed by atoms with Gasteiger partial charge in [0.15, 0.2) is 6.54 Å². The van der Waals surface area contributed by atoms with Crippen LogP contribution in [0.25, 0.3) is 33.4 Å². The van der Waals surface area contributed by atoms with Gasteiger partial charge in [0.2, 0.25) is 5.36 Å². The normalized spacial score (nSPS) is 12.1. The van der Waals surface area contributed by atoms with Crippen molar-refractivity contribution in [2.75, 3.05) is 51.4 Å². The molecule has 40 heavy (non-hydrogen) atoms. The monoisotopic (exact) mass is 545 g/mol. The number of unbranched alkanes of at least 4 members (excludes halogenated alkanes) is 2. The second-order valence-corrected chi connectivity index (χ2v) is 10.0. The summed E-state index contributed by atoms with van der Waals surface area (Å²) in [4.78, 5) is 15.0. The topological polar surface area (TPSA) is 86.1 Å². The van der Waals surface area contributed by atoms with Crippen molar-refractivity contribution in [1.82, 2.24) is 4.58 Å². The Kier molecular flexibility index (Phi) is 10.3. The third-order valence-corrected chi connectivity index (χ3v) is 7.32. The van der Waals surface area contributed by atoms with E-state index in [0.29, 0.717) is 30.0 Å². The molecular weight excluding hydrogens is 504 g/mol. The number of methoxy groups -OCH3 is 1. The highest BCUT2D eigenvalue weighted by Gasteiger charge is 2.23. The van der Waals surface area contributed by atoms with Crippen LogP contribution in [0.2, 0.25) is 0 Å². The molecule has 0 amide bonds. The summed E-state index contributed by atoms with van der Waals surface area (Å²) in [5.41, 5.74) is 4.72. The van der Waals surface area contributed by atoms with Crippen molar-refractivity contribution in [2.24, 2.45) is 0 Å². The van der Waals surface area contributed by atoms with Crippen molar-refractivity contribution in [3.05, 3.63) is 71.6 Å². The second kappa shape index (κ2) is 14.1. The molecule has 2 aliphatic rings. The van der Waals surface area contributed by atoms with E-state index in [1.807, 2.05) is 42.5 Å². The molecule has 0 aromatic heterocycles. The number of anilines is 1. The molecule has 7 nitrogen and oxygen atoms in total. The summed E-state index contributed by atoms with van der Waals surface area (Å²) >= 11 is 0. The van der Waals surface area contributed by atoms with E-state index in [1.165, 1.54) is 7.11 Å². The molecule has 0 unspecified atom stereocenters. The zero-order valence-electron chi connectivity index (χ0n) is 23.9. The molecule has 1 heterocycles. The van der Waals surface area contributed by atoms with E-state index in [2.05, 4.69) is 35.5 Å².